The van der Waals surface area contributed by atoms with Gasteiger partial charge in [0.2, 0.25) is 0 Å². The maximum atomic E-state index is 13.8. The number of aliphatic carboxylic acids is 1. The molecule has 0 atom stereocenters. The highest BCUT2D eigenvalue weighted by atomic mass is 32.2. The van der Waals surface area contributed by atoms with E-state index in [1.807, 2.05) is 79.7 Å². The molecular formula is C36H28F2O3S. The number of hydrogen-bond acceptors (Lipinski definition) is 3. The summed E-state index contributed by atoms with van der Waals surface area (Å²) in [7, 11) is 0. The van der Waals surface area contributed by atoms with E-state index in [0.29, 0.717) is 11.5 Å². The second-order valence-electron chi connectivity index (χ2n) is 9.71. The highest BCUT2D eigenvalue weighted by Crippen LogP contribution is 2.31. The van der Waals surface area contributed by atoms with E-state index in [-0.39, 0.29) is 18.2 Å². The highest BCUT2D eigenvalue weighted by molar-refractivity contribution is 7.99. The van der Waals surface area contributed by atoms with Gasteiger partial charge < -0.3 is 9.84 Å². The van der Waals surface area contributed by atoms with Crippen LogP contribution in [0, 0.1) is 18.6 Å². The quantitative estimate of drug-likeness (QED) is 0.168. The Bertz CT molecular complexity index is 1640. The van der Waals surface area contributed by atoms with Gasteiger partial charge in [-0.25, -0.2) is 13.6 Å². The van der Waals surface area contributed by atoms with Crippen LogP contribution in [0.1, 0.15) is 16.7 Å². The van der Waals surface area contributed by atoms with Gasteiger partial charge in [0.05, 0.1) is 0 Å². The molecule has 0 aromatic heterocycles. The lowest BCUT2D eigenvalue weighted by Crippen LogP contribution is -2.09. The average molecular weight is 579 g/mol. The summed E-state index contributed by atoms with van der Waals surface area (Å²) in [5.41, 5.74) is 7.42. The van der Waals surface area contributed by atoms with Crippen LogP contribution in [-0.2, 0) is 4.79 Å². The van der Waals surface area contributed by atoms with Gasteiger partial charge in [0.15, 0.2) is 6.61 Å². The molecule has 0 amide bonds. The Balaban J connectivity index is 1.41. The van der Waals surface area contributed by atoms with Gasteiger partial charge in [0, 0.05) is 10.6 Å². The molecule has 0 aliphatic rings. The number of carboxylic acid groups (broad SMARTS) is 1. The number of carbonyl (C=O) groups is 1. The molecule has 5 aromatic rings. The molecule has 0 unspecified atom stereocenters. The van der Waals surface area contributed by atoms with Crippen molar-refractivity contribution < 1.29 is 23.4 Å². The van der Waals surface area contributed by atoms with E-state index in [0.717, 1.165) is 49.4 Å². The molecule has 0 aliphatic carbocycles. The van der Waals surface area contributed by atoms with Crippen LogP contribution in [-0.4, -0.2) is 23.4 Å². The molecule has 5 rings (SSSR count). The van der Waals surface area contributed by atoms with Crippen molar-refractivity contribution in [3.63, 3.8) is 0 Å². The first-order valence-corrected chi connectivity index (χ1v) is 14.4. The summed E-state index contributed by atoms with van der Waals surface area (Å²) in [6, 6.07) is 34.9. The lowest BCUT2D eigenvalue weighted by Gasteiger charge is -2.12. The van der Waals surface area contributed by atoms with Crippen LogP contribution in [0.2, 0.25) is 0 Å². The third-order valence-electron chi connectivity index (χ3n) is 6.74. The van der Waals surface area contributed by atoms with Crippen LogP contribution in [0.4, 0.5) is 8.78 Å². The Hall–Kier alpha value is -4.68. The number of carboxylic acids is 1. The van der Waals surface area contributed by atoms with E-state index >= 15 is 0 Å². The molecule has 0 radical (unpaired) electrons. The van der Waals surface area contributed by atoms with Crippen molar-refractivity contribution in [1.82, 2.24) is 0 Å². The maximum absolute atomic E-state index is 13.8. The normalized spacial score (nSPS) is 10.7. The van der Waals surface area contributed by atoms with Crippen molar-refractivity contribution in [2.24, 2.45) is 0 Å². The van der Waals surface area contributed by atoms with Gasteiger partial charge in [-0.15, -0.1) is 11.8 Å². The van der Waals surface area contributed by atoms with Gasteiger partial charge in [-0.3, -0.25) is 0 Å². The molecule has 0 fully saturated rings. The largest absolute Gasteiger partial charge is 0.482 e. The predicted molar refractivity (Wildman–Crippen MR) is 166 cm³/mol. The number of halogens is 2. The first kappa shape index (κ1) is 28.8. The van der Waals surface area contributed by atoms with E-state index in [2.05, 4.69) is 6.08 Å². The Morgan fingerprint density at radius 3 is 1.76 bits per heavy atom. The molecule has 6 heteroatoms. The Morgan fingerprint density at radius 2 is 1.29 bits per heavy atom. The summed E-state index contributed by atoms with van der Waals surface area (Å²) < 4.78 is 32.9. The minimum atomic E-state index is -1.02. The fraction of sp³-hybridized carbons (Fsp3) is 0.0833. The van der Waals surface area contributed by atoms with Crippen molar-refractivity contribution in [3.05, 3.63) is 150 Å². The smallest absolute Gasteiger partial charge is 0.341 e. The molecule has 0 heterocycles. The van der Waals surface area contributed by atoms with E-state index in [4.69, 9.17) is 9.84 Å². The van der Waals surface area contributed by atoms with E-state index in [1.165, 1.54) is 24.3 Å². The molecule has 1 N–H and O–H groups in total. The molecule has 0 saturated heterocycles. The first-order chi connectivity index (χ1) is 20.4. The second-order valence-corrected chi connectivity index (χ2v) is 10.8. The molecule has 210 valence electrons. The fourth-order valence-electron chi connectivity index (χ4n) is 4.66. The number of thioether (sulfide) groups is 1. The molecule has 5 aromatic carbocycles. The summed E-state index contributed by atoms with van der Waals surface area (Å²) in [6.45, 7) is 1.51. The molecular weight excluding hydrogens is 550 g/mol. The molecule has 0 aliphatic heterocycles. The van der Waals surface area contributed by atoms with Crippen molar-refractivity contribution >= 4 is 23.3 Å². The van der Waals surface area contributed by atoms with Crippen LogP contribution in [0.3, 0.4) is 0 Å². The molecule has 42 heavy (non-hydrogen) atoms. The number of hydrogen-bond donors (Lipinski definition) is 1. The van der Waals surface area contributed by atoms with Crippen LogP contribution in [0.15, 0.2) is 126 Å². The summed E-state index contributed by atoms with van der Waals surface area (Å²) in [4.78, 5) is 11.9. The maximum Gasteiger partial charge on any atom is 0.341 e. The summed E-state index contributed by atoms with van der Waals surface area (Å²) >= 11 is 1.66. The zero-order valence-electron chi connectivity index (χ0n) is 22.9. The number of aryl methyl sites for hydroxylation is 1. The van der Waals surface area contributed by atoms with Gasteiger partial charge in [0.1, 0.15) is 17.4 Å². The van der Waals surface area contributed by atoms with Crippen LogP contribution >= 0.6 is 11.8 Å². The zero-order valence-corrected chi connectivity index (χ0v) is 23.7. The first-order valence-electron chi connectivity index (χ1n) is 13.4. The summed E-state index contributed by atoms with van der Waals surface area (Å²) in [6.07, 6.45) is 2.17. The van der Waals surface area contributed by atoms with Crippen molar-refractivity contribution in [3.8, 4) is 28.0 Å². The molecule has 3 nitrogen and oxygen atoms in total. The number of benzene rings is 5. The van der Waals surface area contributed by atoms with Crippen LogP contribution in [0.25, 0.3) is 27.8 Å². The third-order valence-corrected chi connectivity index (χ3v) is 7.66. The standard InChI is InChI=1S/C36H28F2O3S/c1-24-20-33(16-17-35(24)41-23-36(39)40)42-19-18-34(27-12-8-25(9-13-27)29-4-2-6-31(37)21-29)28-14-10-26(11-15-28)30-5-3-7-32(38)22-30/h2-18,20-22H,19,23H2,1H3,(H,39,40). The van der Waals surface area contributed by atoms with Crippen molar-refractivity contribution in [2.75, 3.05) is 12.4 Å². The van der Waals surface area contributed by atoms with Gasteiger partial charge >= 0.3 is 5.97 Å². The van der Waals surface area contributed by atoms with Gasteiger partial charge in [0.25, 0.3) is 0 Å². The van der Waals surface area contributed by atoms with E-state index < -0.39 is 5.97 Å². The lowest BCUT2D eigenvalue weighted by molar-refractivity contribution is -0.139. The Morgan fingerprint density at radius 1 is 0.738 bits per heavy atom. The Kier molecular flexibility index (Phi) is 9.15. The molecule has 0 bridgehead atoms. The van der Waals surface area contributed by atoms with E-state index in [1.54, 1.807) is 30.0 Å². The summed E-state index contributed by atoms with van der Waals surface area (Å²) in [5.74, 6) is -0.330. The van der Waals surface area contributed by atoms with Gasteiger partial charge in [-0.1, -0.05) is 78.9 Å². The zero-order chi connectivity index (χ0) is 29.5. The summed E-state index contributed by atoms with van der Waals surface area (Å²) in [5, 5.41) is 8.88. The monoisotopic (exact) mass is 578 g/mol. The topological polar surface area (TPSA) is 46.5 Å². The van der Waals surface area contributed by atoms with Crippen molar-refractivity contribution in [1.29, 1.82) is 0 Å². The highest BCUT2D eigenvalue weighted by Gasteiger charge is 2.09. The fourth-order valence-corrected chi connectivity index (χ4v) is 5.52. The number of rotatable bonds is 10. The predicted octanol–water partition coefficient (Wildman–Crippen LogP) is 9.29. The van der Waals surface area contributed by atoms with E-state index in [9.17, 15) is 13.6 Å². The minimum absolute atomic E-state index is 0.274. The minimum Gasteiger partial charge on any atom is -0.482 e. The molecule has 0 saturated carbocycles. The lowest BCUT2D eigenvalue weighted by atomic mass is 9.94. The van der Waals surface area contributed by atoms with Crippen LogP contribution < -0.4 is 4.74 Å². The van der Waals surface area contributed by atoms with Crippen LogP contribution in [0.5, 0.6) is 5.75 Å². The molecule has 0 spiro atoms. The van der Waals surface area contributed by atoms with Gasteiger partial charge in [-0.05, 0) is 93.9 Å². The average Bonchev–Trinajstić information content (AvgIpc) is 2.99. The third kappa shape index (κ3) is 7.33. The number of ether oxygens (including phenoxy) is 1. The van der Waals surface area contributed by atoms with Crippen molar-refractivity contribution in [2.45, 2.75) is 11.8 Å². The second kappa shape index (κ2) is 13.3. The van der Waals surface area contributed by atoms with Gasteiger partial charge in [-0.2, -0.15) is 0 Å². The SMILES string of the molecule is Cc1cc(SCC=C(c2ccc(-c3cccc(F)c3)cc2)c2ccc(-c3cccc(F)c3)cc2)ccc1OCC(=O)O. The Labute approximate surface area is 248 Å².